The van der Waals surface area contributed by atoms with E-state index < -0.39 is 0 Å². The predicted octanol–water partition coefficient (Wildman–Crippen LogP) is 3.36. The van der Waals surface area contributed by atoms with E-state index in [2.05, 4.69) is 22.1 Å². The first kappa shape index (κ1) is 13.3. The molecule has 1 N–H and O–H groups in total. The van der Waals surface area contributed by atoms with Gasteiger partial charge in [0.2, 0.25) is 0 Å². The zero-order valence-electron chi connectivity index (χ0n) is 11.6. The molecule has 3 nitrogen and oxygen atoms in total. The molecule has 0 radical (unpaired) electrons. The third-order valence-corrected chi connectivity index (χ3v) is 3.31. The number of nitrogens with zero attached hydrogens (tertiary/aromatic N) is 2. The molecular weight excluding hydrogens is 260 g/mol. The van der Waals surface area contributed by atoms with Crippen molar-refractivity contribution in [1.29, 1.82) is 0 Å². The largest absolute Gasteiger partial charge is 0.508 e. The van der Waals surface area contributed by atoms with E-state index >= 15 is 0 Å². The van der Waals surface area contributed by atoms with Crippen molar-refractivity contribution in [2.75, 3.05) is 0 Å². The van der Waals surface area contributed by atoms with Gasteiger partial charge in [0.1, 0.15) is 5.75 Å². The van der Waals surface area contributed by atoms with Crippen LogP contribution < -0.4 is 0 Å². The van der Waals surface area contributed by atoms with E-state index in [0.29, 0.717) is 0 Å². The molecule has 0 amide bonds. The van der Waals surface area contributed by atoms with Crippen molar-refractivity contribution in [1.82, 2.24) is 9.97 Å². The molecule has 0 atom stereocenters. The second-order valence-electron chi connectivity index (χ2n) is 5.00. The number of rotatable bonds is 4. The van der Waals surface area contributed by atoms with Gasteiger partial charge in [-0.3, -0.25) is 9.97 Å². The Morgan fingerprint density at radius 2 is 1.19 bits per heavy atom. The smallest absolute Gasteiger partial charge is 0.115 e. The first-order chi connectivity index (χ1) is 10.3. The lowest BCUT2D eigenvalue weighted by atomic mass is 10.1. The summed E-state index contributed by atoms with van der Waals surface area (Å²) in [5.74, 6) is 0.281. The summed E-state index contributed by atoms with van der Waals surface area (Å²) in [6, 6.07) is 17.4. The van der Waals surface area contributed by atoms with Crippen molar-refractivity contribution in [2.45, 2.75) is 12.8 Å². The fourth-order valence-electron chi connectivity index (χ4n) is 2.19. The van der Waals surface area contributed by atoms with Gasteiger partial charge >= 0.3 is 0 Å². The second-order valence-corrected chi connectivity index (χ2v) is 5.00. The highest BCUT2D eigenvalue weighted by Crippen LogP contribution is 2.13. The molecule has 0 fully saturated rings. The predicted molar refractivity (Wildman–Crippen MR) is 82.2 cm³/mol. The SMILES string of the molecule is Oc1ccc(Cc2cnc(Cc3ccccc3)cn2)cc1. The van der Waals surface area contributed by atoms with Crippen molar-refractivity contribution in [3.8, 4) is 5.75 Å². The molecule has 104 valence electrons. The summed E-state index contributed by atoms with van der Waals surface area (Å²) in [6.45, 7) is 0. The molecule has 3 rings (SSSR count). The maximum absolute atomic E-state index is 9.27. The minimum absolute atomic E-state index is 0.281. The van der Waals surface area contributed by atoms with Gasteiger partial charge in [0.15, 0.2) is 0 Å². The Morgan fingerprint density at radius 1 is 0.667 bits per heavy atom. The van der Waals surface area contributed by atoms with Gasteiger partial charge in [0.25, 0.3) is 0 Å². The highest BCUT2D eigenvalue weighted by Gasteiger charge is 2.01. The normalized spacial score (nSPS) is 10.5. The fourth-order valence-corrected chi connectivity index (χ4v) is 2.19. The molecule has 1 aromatic heterocycles. The molecular formula is C18H16N2O. The van der Waals surface area contributed by atoms with Crippen LogP contribution in [0.3, 0.4) is 0 Å². The summed E-state index contributed by atoms with van der Waals surface area (Å²) in [5.41, 5.74) is 4.24. The van der Waals surface area contributed by atoms with Crippen LogP contribution in [-0.2, 0) is 12.8 Å². The average Bonchev–Trinajstić information content (AvgIpc) is 2.53. The summed E-state index contributed by atoms with van der Waals surface area (Å²) < 4.78 is 0. The number of hydrogen-bond donors (Lipinski definition) is 1. The molecule has 3 aromatic rings. The van der Waals surface area contributed by atoms with Crippen LogP contribution in [-0.4, -0.2) is 15.1 Å². The van der Waals surface area contributed by atoms with Gasteiger partial charge in [0.05, 0.1) is 11.4 Å². The van der Waals surface area contributed by atoms with Gasteiger partial charge in [-0.25, -0.2) is 0 Å². The molecule has 2 aromatic carbocycles. The highest BCUT2D eigenvalue weighted by atomic mass is 16.3. The first-order valence-electron chi connectivity index (χ1n) is 6.91. The first-order valence-corrected chi connectivity index (χ1v) is 6.91. The van der Waals surface area contributed by atoms with Gasteiger partial charge in [-0.2, -0.15) is 0 Å². The van der Waals surface area contributed by atoms with E-state index in [0.717, 1.165) is 29.8 Å². The van der Waals surface area contributed by atoms with E-state index in [4.69, 9.17) is 0 Å². The van der Waals surface area contributed by atoms with Crippen molar-refractivity contribution in [2.24, 2.45) is 0 Å². The van der Waals surface area contributed by atoms with Crippen molar-refractivity contribution in [3.05, 3.63) is 89.5 Å². The fraction of sp³-hybridized carbons (Fsp3) is 0.111. The van der Waals surface area contributed by atoms with Crippen LogP contribution in [0, 0.1) is 0 Å². The van der Waals surface area contributed by atoms with Gasteiger partial charge in [-0.05, 0) is 23.3 Å². The summed E-state index contributed by atoms with van der Waals surface area (Å²) in [5, 5.41) is 9.27. The molecule has 0 saturated heterocycles. The molecule has 0 spiro atoms. The van der Waals surface area contributed by atoms with Gasteiger partial charge < -0.3 is 5.11 Å². The van der Waals surface area contributed by atoms with Crippen LogP contribution in [0.1, 0.15) is 22.5 Å². The lowest BCUT2D eigenvalue weighted by Gasteiger charge is -2.04. The third kappa shape index (κ3) is 3.66. The van der Waals surface area contributed by atoms with Gasteiger partial charge in [-0.1, -0.05) is 42.5 Å². The van der Waals surface area contributed by atoms with Crippen LogP contribution in [0.15, 0.2) is 67.0 Å². The van der Waals surface area contributed by atoms with Crippen LogP contribution in [0.4, 0.5) is 0 Å². The monoisotopic (exact) mass is 276 g/mol. The Labute approximate surface area is 124 Å². The molecule has 21 heavy (non-hydrogen) atoms. The third-order valence-electron chi connectivity index (χ3n) is 3.31. The minimum atomic E-state index is 0.281. The topological polar surface area (TPSA) is 46.0 Å². The molecule has 3 heteroatoms. The van der Waals surface area contributed by atoms with Crippen molar-refractivity contribution in [3.63, 3.8) is 0 Å². The quantitative estimate of drug-likeness (QED) is 0.794. The lowest BCUT2D eigenvalue weighted by molar-refractivity contribution is 0.475. The maximum Gasteiger partial charge on any atom is 0.115 e. The molecule has 0 aliphatic rings. The Kier molecular flexibility index (Phi) is 3.92. The number of phenolic OH excluding ortho intramolecular Hbond substituents is 1. The molecule has 1 heterocycles. The summed E-state index contributed by atoms with van der Waals surface area (Å²) >= 11 is 0. The number of benzene rings is 2. The zero-order chi connectivity index (χ0) is 14.5. The molecule has 0 unspecified atom stereocenters. The Balaban J connectivity index is 1.68. The second kappa shape index (κ2) is 6.18. The maximum atomic E-state index is 9.27. The average molecular weight is 276 g/mol. The van der Waals surface area contributed by atoms with Crippen LogP contribution >= 0.6 is 0 Å². The molecule has 0 bridgehead atoms. The standard InChI is InChI=1S/C18H16N2O/c21-18-8-6-15(7-9-18)11-17-13-19-16(12-20-17)10-14-4-2-1-3-5-14/h1-9,12-13,21H,10-11H2. The van der Waals surface area contributed by atoms with Gasteiger partial charge in [0, 0.05) is 25.2 Å². The zero-order valence-corrected chi connectivity index (χ0v) is 11.6. The highest BCUT2D eigenvalue weighted by molar-refractivity contribution is 5.28. The van der Waals surface area contributed by atoms with Crippen molar-refractivity contribution < 1.29 is 5.11 Å². The van der Waals surface area contributed by atoms with Crippen LogP contribution in [0.5, 0.6) is 5.75 Å². The lowest BCUT2D eigenvalue weighted by Crippen LogP contribution is -1.98. The van der Waals surface area contributed by atoms with E-state index in [1.807, 2.05) is 42.7 Å². The summed E-state index contributed by atoms with van der Waals surface area (Å²) in [7, 11) is 0. The van der Waals surface area contributed by atoms with E-state index in [9.17, 15) is 5.11 Å². The Hall–Kier alpha value is -2.68. The molecule has 0 saturated carbocycles. The number of phenols is 1. The van der Waals surface area contributed by atoms with Gasteiger partial charge in [-0.15, -0.1) is 0 Å². The van der Waals surface area contributed by atoms with E-state index in [1.165, 1.54) is 5.56 Å². The van der Waals surface area contributed by atoms with Crippen LogP contribution in [0.2, 0.25) is 0 Å². The van der Waals surface area contributed by atoms with E-state index in [1.54, 1.807) is 12.1 Å². The summed E-state index contributed by atoms with van der Waals surface area (Å²) in [6.07, 6.45) is 5.18. The molecule has 0 aliphatic carbocycles. The van der Waals surface area contributed by atoms with Crippen LogP contribution in [0.25, 0.3) is 0 Å². The number of aromatic hydroxyl groups is 1. The molecule has 0 aliphatic heterocycles. The van der Waals surface area contributed by atoms with E-state index in [-0.39, 0.29) is 5.75 Å². The summed E-state index contributed by atoms with van der Waals surface area (Å²) in [4.78, 5) is 8.94. The number of hydrogen-bond acceptors (Lipinski definition) is 3. The Bertz CT molecular complexity index is 692. The minimum Gasteiger partial charge on any atom is -0.508 e. The Morgan fingerprint density at radius 3 is 1.71 bits per heavy atom. The number of aromatic nitrogens is 2. The van der Waals surface area contributed by atoms with Crippen molar-refractivity contribution >= 4 is 0 Å².